The highest BCUT2D eigenvalue weighted by molar-refractivity contribution is 5.66. The molecule has 2 heterocycles. The maximum absolute atomic E-state index is 6.22. The van der Waals surface area contributed by atoms with Gasteiger partial charge in [0.1, 0.15) is 0 Å². The summed E-state index contributed by atoms with van der Waals surface area (Å²) in [6.07, 6.45) is 0.996. The number of hydrogen-bond acceptors (Lipinski definition) is 6. The first-order valence-electron chi connectivity index (χ1n) is 9.54. The van der Waals surface area contributed by atoms with Crippen molar-refractivity contribution in [2.75, 3.05) is 34.7 Å². The van der Waals surface area contributed by atoms with E-state index in [1.165, 1.54) is 11.1 Å². The first-order chi connectivity index (χ1) is 13.7. The van der Waals surface area contributed by atoms with E-state index in [1.54, 1.807) is 21.3 Å². The minimum absolute atomic E-state index is 0.172. The number of fused-ring (bicyclic) bond motifs is 6. The quantitative estimate of drug-likeness (QED) is 0.803. The Bertz CT molecular complexity index is 937. The van der Waals surface area contributed by atoms with Gasteiger partial charge in [0.05, 0.1) is 27.9 Å². The Hall–Kier alpha value is -2.76. The van der Waals surface area contributed by atoms with Gasteiger partial charge < -0.3 is 28.4 Å². The molecule has 3 aliphatic rings. The molecule has 1 aliphatic carbocycles. The Morgan fingerprint density at radius 2 is 1.61 bits per heavy atom. The molecule has 0 saturated heterocycles. The first-order valence-corrected chi connectivity index (χ1v) is 9.54. The van der Waals surface area contributed by atoms with Gasteiger partial charge in [0.15, 0.2) is 23.0 Å². The Labute approximate surface area is 164 Å². The van der Waals surface area contributed by atoms with Crippen LogP contribution in [-0.2, 0) is 6.42 Å². The first kappa shape index (κ1) is 17.3. The van der Waals surface area contributed by atoms with Crippen LogP contribution in [-0.4, -0.2) is 34.7 Å². The summed E-state index contributed by atoms with van der Waals surface area (Å²) in [6, 6.07) is 6.30. The Balaban J connectivity index is 1.74. The third-order valence-electron chi connectivity index (χ3n) is 6.24. The molecule has 0 radical (unpaired) electrons. The van der Waals surface area contributed by atoms with Crippen LogP contribution in [0.1, 0.15) is 29.5 Å². The average Bonchev–Trinajstić information content (AvgIpc) is 3.17. The van der Waals surface area contributed by atoms with Gasteiger partial charge >= 0.3 is 0 Å². The lowest BCUT2D eigenvalue weighted by Crippen LogP contribution is -2.36. The second-order valence-electron chi connectivity index (χ2n) is 7.60. The van der Waals surface area contributed by atoms with Crippen molar-refractivity contribution in [3.05, 3.63) is 34.9 Å². The zero-order chi connectivity index (χ0) is 19.4. The van der Waals surface area contributed by atoms with E-state index in [4.69, 9.17) is 28.4 Å². The number of methoxy groups -OCH3 is 3. The lowest BCUT2D eigenvalue weighted by Gasteiger charge is -2.42. The van der Waals surface area contributed by atoms with Gasteiger partial charge in [-0.3, -0.25) is 0 Å². The van der Waals surface area contributed by atoms with Crippen LogP contribution in [0, 0.1) is 11.8 Å². The standard InChI is InChI=1S/C22H24O6/c1-11-5-12-6-16-17(28-10-27-16)7-13(12)19-14-8-18(23-2)21(24-3)22(25-4)20(14)26-9-15(11)19/h6-8,11,15,19H,5,9-10H2,1-4H3/t11-,15+,19+/m1/s1. The van der Waals surface area contributed by atoms with Crippen LogP contribution in [0.4, 0.5) is 0 Å². The van der Waals surface area contributed by atoms with Gasteiger partial charge in [0, 0.05) is 17.4 Å². The van der Waals surface area contributed by atoms with Crippen molar-refractivity contribution in [2.45, 2.75) is 19.3 Å². The van der Waals surface area contributed by atoms with E-state index in [1.807, 2.05) is 6.07 Å². The second kappa shape index (κ2) is 6.40. The van der Waals surface area contributed by atoms with E-state index in [0.717, 1.165) is 29.2 Å². The molecule has 3 atom stereocenters. The number of rotatable bonds is 3. The topological polar surface area (TPSA) is 55.4 Å². The van der Waals surface area contributed by atoms with Crippen molar-refractivity contribution in [2.24, 2.45) is 11.8 Å². The molecule has 0 aromatic heterocycles. The third-order valence-corrected chi connectivity index (χ3v) is 6.24. The molecule has 2 aromatic carbocycles. The maximum atomic E-state index is 6.22. The second-order valence-corrected chi connectivity index (χ2v) is 7.60. The van der Waals surface area contributed by atoms with Gasteiger partial charge in [0.25, 0.3) is 0 Å². The van der Waals surface area contributed by atoms with Crippen LogP contribution < -0.4 is 28.4 Å². The predicted octanol–water partition coefficient (Wildman–Crippen LogP) is 3.77. The summed E-state index contributed by atoms with van der Waals surface area (Å²) in [5.74, 6) is 5.17. The van der Waals surface area contributed by atoms with Gasteiger partial charge in [-0.05, 0) is 41.7 Å². The largest absolute Gasteiger partial charge is 0.493 e. The van der Waals surface area contributed by atoms with E-state index in [2.05, 4.69) is 19.1 Å². The summed E-state index contributed by atoms with van der Waals surface area (Å²) in [4.78, 5) is 0. The van der Waals surface area contributed by atoms with Crippen molar-refractivity contribution in [1.29, 1.82) is 0 Å². The van der Waals surface area contributed by atoms with Crippen molar-refractivity contribution in [1.82, 2.24) is 0 Å². The van der Waals surface area contributed by atoms with E-state index < -0.39 is 0 Å². The molecule has 2 aromatic rings. The molecule has 0 N–H and O–H groups in total. The Kier molecular flexibility index (Phi) is 3.96. The Morgan fingerprint density at radius 3 is 2.32 bits per heavy atom. The maximum Gasteiger partial charge on any atom is 0.231 e. The molecule has 0 unspecified atom stereocenters. The summed E-state index contributed by atoms with van der Waals surface area (Å²) in [7, 11) is 4.87. The summed E-state index contributed by atoms with van der Waals surface area (Å²) in [5, 5.41) is 0. The van der Waals surface area contributed by atoms with Crippen LogP contribution in [0.25, 0.3) is 0 Å². The zero-order valence-corrected chi connectivity index (χ0v) is 16.5. The molecule has 6 heteroatoms. The molecule has 5 rings (SSSR count). The molecule has 28 heavy (non-hydrogen) atoms. The van der Waals surface area contributed by atoms with Gasteiger partial charge in [0.2, 0.25) is 18.3 Å². The third kappa shape index (κ3) is 2.33. The van der Waals surface area contributed by atoms with Crippen LogP contribution >= 0.6 is 0 Å². The van der Waals surface area contributed by atoms with Gasteiger partial charge in [-0.25, -0.2) is 0 Å². The Morgan fingerprint density at radius 1 is 0.857 bits per heavy atom. The molecule has 2 aliphatic heterocycles. The monoisotopic (exact) mass is 384 g/mol. The zero-order valence-electron chi connectivity index (χ0n) is 16.5. The fourth-order valence-electron chi connectivity index (χ4n) is 4.89. The van der Waals surface area contributed by atoms with Crippen LogP contribution in [0.3, 0.4) is 0 Å². The van der Waals surface area contributed by atoms with Crippen LogP contribution in [0.15, 0.2) is 18.2 Å². The minimum Gasteiger partial charge on any atom is -0.493 e. The minimum atomic E-state index is 0.172. The molecule has 0 bridgehead atoms. The molecule has 0 spiro atoms. The van der Waals surface area contributed by atoms with Crippen molar-refractivity contribution in [3.63, 3.8) is 0 Å². The van der Waals surface area contributed by atoms with Gasteiger partial charge in [-0.2, -0.15) is 0 Å². The van der Waals surface area contributed by atoms with Gasteiger partial charge in [-0.15, -0.1) is 0 Å². The summed E-state index contributed by atoms with van der Waals surface area (Å²) in [5.41, 5.74) is 3.64. The van der Waals surface area contributed by atoms with E-state index in [9.17, 15) is 0 Å². The molecule has 148 valence electrons. The SMILES string of the molecule is COc1cc2c(c(OC)c1OC)OC[C@@H]1[C@H]2c2cc3c(cc2C[C@H]1C)OCO3. The fraction of sp³-hybridized carbons (Fsp3) is 0.455. The molecular formula is C22H24O6. The van der Waals surface area contributed by atoms with E-state index in [-0.39, 0.29) is 12.7 Å². The number of hydrogen-bond donors (Lipinski definition) is 0. The summed E-state index contributed by atoms with van der Waals surface area (Å²) < 4.78 is 34.3. The lowest BCUT2D eigenvalue weighted by molar-refractivity contribution is 0.144. The average molecular weight is 384 g/mol. The highest BCUT2D eigenvalue weighted by atomic mass is 16.7. The smallest absolute Gasteiger partial charge is 0.231 e. The highest BCUT2D eigenvalue weighted by Gasteiger charge is 2.43. The normalized spacial score (nSPS) is 23.8. The van der Waals surface area contributed by atoms with Gasteiger partial charge in [-0.1, -0.05) is 6.92 Å². The fourth-order valence-corrected chi connectivity index (χ4v) is 4.89. The summed E-state index contributed by atoms with van der Waals surface area (Å²) >= 11 is 0. The lowest BCUT2D eigenvalue weighted by atomic mass is 9.66. The van der Waals surface area contributed by atoms with Crippen LogP contribution in [0.5, 0.6) is 34.5 Å². The summed E-state index contributed by atoms with van der Waals surface area (Å²) in [6.45, 7) is 3.20. The molecule has 0 saturated carbocycles. The van der Waals surface area contributed by atoms with Crippen molar-refractivity contribution >= 4 is 0 Å². The molecule has 0 amide bonds. The van der Waals surface area contributed by atoms with Crippen LogP contribution in [0.2, 0.25) is 0 Å². The molecule has 6 nitrogen and oxygen atoms in total. The number of benzene rings is 2. The van der Waals surface area contributed by atoms with Crippen molar-refractivity contribution < 1.29 is 28.4 Å². The molecule has 0 fully saturated rings. The van der Waals surface area contributed by atoms with E-state index in [0.29, 0.717) is 35.7 Å². The van der Waals surface area contributed by atoms with Crippen molar-refractivity contribution in [3.8, 4) is 34.5 Å². The number of ether oxygens (including phenoxy) is 6. The highest BCUT2D eigenvalue weighted by Crippen LogP contribution is 2.57. The molecular weight excluding hydrogens is 360 g/mol. The van der Waals surface area contributed by atoms with E-state index >= 15 is 0 Å². The predicted molar refractivity (Wildman–Crippen MR) is 102 cm³/mol.